The zero-order valence-corrected chi connectivity index (χ0v) is 32.5. The van der Waals surface area contributed by atoms with Crippen LogP contribution in [0.2, 0.25) is 0 Å². The van der Waals surface area contributed by atoms with Gasteiger partial charge in [0.05, 0.1) is 26.3 Å². The first kappa shape index (κ1) is 28.3. The van der Waals surface area contributed by atoms with E-state index in [4.69, 9.17) is 17.6 Å². The summed E-state index contributed by atoms with van der Waals surface area (Å²) in [5, 5.41) is 6.10. The minimum atomic E-state index is -0.467. The van der Waals surface area contributed by atoms with Crippen LogP contribution in [0, 0.1) is 0 Å². The number of hydrogen-bond donors (Lipinski definition) is 0. The molecule has 284 valence electrons. The Bertz CT molecular complexity index is 4040. The Balaban J connectivity index is 1.04. The molecular formula is C58H36N2O. The highest BCUT2D eigenvalue weighted by Gasteiger charge is 2.27. The number of aromatic nitrogens is 2. The molecule has 0 aliphatic carbocycles. The predicted molar refractivity (Wildman–Crippen MR) is 254 cm³/mol. The molecule has 3 aromatic heterocycles. The smallest absolute Gasteiger partial charge is 0.143 e. The summed E-state index contributed by atoms with van der Waals surface area (Å²) in [6.45, 7) is 0. The summed E-state index contributed by atoms with van der Waals surface area (Å²) >= 11 is 0. The number of pyridine rings is 2. The summed E-state index contributed by atoms with van der Waals surface area (Å²) < 4.78 is 67.9. The zero-order chi connectivity index (χ0) is 46.4. The Kier molecular flexibility index (Phi) is 6.64. The topological polar surface area (TPSA) is 38.9 Å². The molecule has 0 fully saturated rings. The molecule has 0 amide bonds. The first-order valence-corrected chi connectivity index (χ1v) is 20.2. The molecule has 61 heavy (non-hydrogen) atoms. The number of hydrogen-bond acceptors (Lipinski definition) is 3. The lowest BCUT2D eigenvalue weighted by Gasteiger charge is -2.14. The fraction of sp³-hybridized carbons (Fsp3) is 0. The second-order valence-corrected chi connectivity index (χ2v) is 15.1. The van der Waals surface area contributed by atoms with Crippen molar-refractivity contribution in [1.29, 1.82) is 0 Å². The average Bonchev–Trinajstić information content (AvgIpc) is 3.78. The molecule has 3 heterocycles. The van der Waals surface area contributed by atoms with Gasteiger partial charge in [-0.1, -0.05) is 194 Å². The van der Waals surface area contributed by atoms with Crippen molar-refractivity contribution in [1.82, 2.24) is 9.97 Å². The lowest BCUT2D eigenvalue weighted by Crippen LogP contribution is -1.91. The van der Waals surface area contributed by atoms with E-state index in [0.29, 0.717) is 5.56 Å². The lowest BCUT2D eigenvalue weighted by molar-refractivity contribution is 0.599. The van der Waals surface area contributed by atoms with Crippen LogP contribution in [-0.4, -0.2) is 9.97 Å². The summed E-state index contributed by atoms with van der Waals surface area (Å²) in [5.41, 5.74) is 8.62. The van der Waals surface area contributed by atoms with Crippen molar-refractivity contribution < 1.29 is 14.0 Å². The van der Waals surface area contributed by atoms with Gasteiger partial charge < -0.3 is 4.42 Å². The first-order valence-electron chi connectivity index (χ1n) is 23.7. The van der Waals surface area contributed by atoms with Gasteiger partial charge in [0.25, 0.3) is 0 Å². The Morgan fingerprint density at radius 1 is 0.377 bits per heavy atom. The Hall–Kier alpha value is -8.14. The average molecular weight is 784 g/mol. The largest absolute Gasteiger partial charge is 0.455 e. The van der Waals surface area contributed by atoms with Gasteiger partial charge in [0.1, 0.15) is 11.5 Å². The van der Waals surface area contributed by atoms with E-state index in [1.54, 1.807) is 0 Å². The van der Waals surface area contributed by atoms with Crippen LogP contribution >= 0.6 is 0 Å². The van der Waals surface area contributed by atoms with Crippen LogP contribution in [-0.2, 0) is 0 Å². The monoisotopic (exact) mass is 783 g/mol. The predicted octanol–water partition coefficient (Wildman–Crippen LogP) is 15.8. The Labute approximate surface area is 362 Å². The highest BCUT2D eigenvalue weighted by atomic mass is 16.3. The van der Waals surface area contributed by atoms with Crippen molar-refractivity contribution in [3.63, 3.8) is 0 Å². The van der Waals surface area contributed by atoms with Gasteiger partial charge in [0.15, 0.2) is 0 Å². The highest BCUT2D eigenvalue weighted by Crippen LogP contribution is 2.51. The molecule has 0 saturated carbocycles. The fourth-order valence-corrected chi connectivity index (χ4v) is 8.83. The van der Waals surface area contributed by atoms with E-state index in [2.05, 4.69) is 120 Å². The van der Waals surface area contributed by atoms with Crippen molar-refractivity contribution >= 4 is 54.1 Å². The molecule has 0 unspecified atom stereocenters. The number of nitrogens with zero attached hydrogens (tertiary/aromatic N) is 2. The molecule has 12 aromatic rings. The third-order valence-corrected chi connectivity index (χ3v) is 11.6. The second kappa shape index (κ2) is 14.3. The lowest BCUT2D eigenvalue weighted by atomic mass is 9.88. The summed E-state index contributed by atoms with van der Waals surface area (Å²) in [7, 11) is 0. The molecule has 0 spiro atoms. The van der Waals surface area contributed by atoms with Crippen LogP contribution in [0.3, 0.4) is 0 Å². The molecule has 3 nitrogen and oxygen atoms in total. The van der Waals surface area contributed by atoms with Gasteiger partial charge in [-0.3, -0.25) is 4.98 Å². The summed E-state index contributed by atoms with van der Waals surface area (Å²) in [6.07, 6.45) is -0.467. The van der Waals surface area contributed by atoms with Gasteiger partial charge >= 0.3 is 0 Å². The number of rotatable bonds is 6. The number of fused-ring (bicyclic) bond motifs is 7. The molecule has 12 rings (SSSR count). The molecule has 0 N–H and O–H groups in total. The molecule has 0 saturated heterocycles. The van der Waals surface area contributed by atoms with Crippen molar-refractivity contribution in [2.24, 2.45) is 0 Å². The third-order valence-electron chi connectivity index (χ3n) is 11.6. The van der Waals surface area contributed by atoms with E-state index in [0.717, 1.165) is 83.0 Å². The summed E-state index contributed by atoms with van der Waals surface area (Å²) in [4.78, 5) is 9.10. The molecule has 3 heteroatoms. The van der Waals surface area contributed by atoms with E-state index in [-0.39, 0.29) is 51.7 Å². The summed E-state index contributed by atoms with van der Waals surface area (Å²) in [6, 6.07) is 58.0. The SMILES string of the molecule is [2H]c1nc2c(c([2H])c1[2H])c([2H])c([2H])c1c([2H])c([2H])c(-c3ccc(-c4ccc(-c5c(-c6ccccc6)oc(-c6cc7ccccc7c7ccccc67)c5-c5ccccc5)cc4)c4ccccc34)nc12. The van der Waals surface area contributed by atoms with E-state index in [1.807, 2.05) is 60.7 Å². The van der Waals surface area contributed by atoms with Gasteiger partial charge in [-0.2, -0.15) is 0 Å². The fourth-order valence-electron chi connectivity index (χ4n) is 8.83. The normalized spacial score (nSPS) is 13.2. The van der Waals surface area contributed by atoms with E-state index in [9.17, 15) is 1.37 Å². The van der Waals surface area contributed by atoms with E-state index >= 15 is 0 Å². The molecule has 9 aromatic carbocycles. The van der Waals surface area contributed by atoms with Gasteiger partial charge in [-0.05, 0) is 72.7 Å². The molecule has 0 bridgehead atoms. The van der Waals surface area contributed by atoms with Gasteiger partial charge in [-0.15, -0.1) is 0 Å². The first-order chi connectivity index (χ1) is 33.2. The highest BCUT2D eigenvalue weighted by molar-refractivity contribution is 6.16. The quantitative estimate of drug-likeness (QED) is 0.158. The van der Waals surface area contributed by atoms with Gasteiger partial charge in [0, 0.05) is 44.8 Å². The molecule has 0 radical (unpaired) electrons. The van der Waals surface area contributed by atoms with Gasteiger partial charge in [-0.25, -0.2) is 4.98 Å². The maximum atomic E-state index is 9.17. The van der Waals surface area contributed by atoms with Crippen LogP contribution in [0.5, 0.6) is 0 Å². The molecule has 0 atom stereocenters. The Morgan fingerprint density at radius 2 is 0.918 bits per heavy atom. The van der Waals surface area contributed by atoms with Crippen LogP contribution in [0.4, 0.5) is 0 Å². The van der Waals surface area contributed by atoms with Crippen molar-refractivity contribution in [2.75, 3.05) is 0 Å². The number of benzene rings is 9. The summed E-state index contributed by atoms with van der Waals surface area (Å²) in [5.74, 6) is 1.55. The van der Waals surface area contributed by atoms with Crippen LogP contribution < -0.4 is 0 Å². The standard InChI is InChI=1S/C58H36N2O/c1-3-14-38(15-4-1)54-53(57(42-16-5-2-6-17-42)61-58(54)51-36-43-18-7-8-20-44(43)46-21-10-12-24-49(46)51)39-27-25-37(26-28-39)45-32-33-50(48-23-11-9-22-47(45)48)52-34-31-41-30-29-40-19-13-35-59-55(40)56(41)60-52/h1-36H/i13D,19D,29D,30D,31D,34D,35D. The second-order valence-electron chi connectivity index (χ2n) is 15.1. The number of furan rings is 1. The van der Waals surface area contributed by atoms with Crippen molar-refractivity contribution in [3.8, 4) is 67.3 Å². The van der Waals surface area contributed by atoms with E-state index in [1.165, 1.54) is 5.39 Å². The van der Waals surface area contributed by atoms with Crippen molar-refractivity contribution in [3.05, 3.63) is 218 Å². The van der Waals surface area contributed by atoms with Crippen molar-refractivity contribution in [2.45, 2.75) is 0 Å². The molecular weight excluding hydrogens is 741 g/mol. The molecule has 0 aliphatic rings. The van der Waals surface area contributed by atoms with Gasteiger partial charge in [0.2, 0.25) is 0 Å². The van der Waals surface area contributed by atoms with Crippen LogP contribution in [0.25, 0.3) is 121 Å². The third kappa shape index (κ3) is 5.82. The van der Waals surface area contributed by atoms with Crippen LogP contribution in [0.15, 0.2) is 223 Å². The maximum Gasteiger partial charge on any atom is 0.143 e. The van der Waals surface area contributed by atoms with Crippen LogP contribution in [0.1, 0.15) is 9.60 Å². The minimum absolute atomic E-state index is 0.0102. The Morgan fingerprint density at radius 3 is 1.67 bits per heavy atom. The zero-order valence-electron chi connectivity index (χ0n) is 39.5. The van der Waals surface area contributed by atoms with E-state index < -0.39 is 18.3 Å². The molecule has 0 aliphatic heterocycles. The maximum absolute atomic E-state index is 9.17. The minimum Gasteiger partial charge on any atom is -0.455 e.